The van der Waals surface area contributed by atoms with Crippen LogP contribution in [0.15, 0.2) is 84.9 Å². The van der Waals surface area contributed by atoms with Gasteiger partial charge in [-0.25, -0.2) is 0 Å². The van der Waals surface area contributed by atoms with Gasteiger partial charge < -0.3 is 14.7 Å². The third-order valence-electron chi connectivity index (χ3n) is 3.79. The number of anilines is 2. The molecule has 128 valence electrons. The molecule has 1 unspecified atom stereocenters. The van der Waals surface area contributed by atoms with Crippen molar-refractivity contribution in [3.05, 3.63) is 88.5 Å². The Bertz CT molecular complexity index is 723. The van der Waals surface area contributed by atoms with Crippen molar-refractivity contribution in [1.29, 1.82) is 0 Å². The van der Waals surface area contributed by atoms with Crippen molar-refractivity contribution in [2.75, 3.05) is 18.1 Å². The van der Waals surface area contributed by atoms with Gasteiger partial charge in [0.2, 0.25) is 0 Å². The fraction of sp³-hybridized carbons (Fsp3) is 0.143. The maximum Gasteiger partial charge on any atom is 0.119 e. The molecule has 3 nitrogen and oxygen atoms in total. The summed E-state index contributed by atoms with van der Waals surface area (Å²) >= 11 is 2.26. The van der Waals surface area contributed by atoms with Gasteiger partial charge in [0, 0.05) is 14.9 Å². The van der Waals surface area contributed by atoms with E-state index >= 15 is 0 Å². The van der Waals surface area contributed by atoms with Gasteiger partial charge in [0.1, 0.15) is 18.5 Å². The topological polar surface area (TPSA) is 32.7 Å². The summed E-state index contributed by atoms with van der Waals surface area (Å²) in [5, 5.41) is 10.5. The normalized spacial score (nSPS) is 11.8. The summed E-state index contributed by atoms with van der Waals surface area (Å²) in [4.78, 5) is 2.10. The first-order chi connectivity index (χ1) is 12.2. The Morgan fingerprint density at radius 3 is 1.84 bits per heavy atom. The van der Waals surface area contributed by atoms with Crippen molar-refractivity contribution < 1.29 is 9.84 Å². The second-order valence-electron chi connectivity index (χ2n) is 5.70. The number of para-hydroxylation sites is 2. The first-order valence-electron chi connectivity index (χ1n) is 8.16. The van der Waals surface area contributed by atoms with Crippen molar-refractivity contribution in [1.82, 2.24) is 0 Å². The minimum atomic E-state index is -0.611. The second-order valence-corrected chi connectivity index (χ2v) is 6.95. The molecule has 0 radical (unpaired) electrons. The lowest BCUT2D eigenvalue weighted by Gasteiger charge is -2.27. The van der Waals surface area contributed by atoms with E-state index in [2.05, 4.69) is 27.5 Å². The van der Waals surface area contributed by atoms with Crippen LogP contribution < -0.4 is 9.64 Å². The van der Waals surface area contributed by atoms with Gasteiger partial charge >= 0.3 is 0 Å². The minimum absolute atomic E-state index is 0.247. The molecule has 0 aliphatic rings. The summed E-state index contributed by atoms with van der Waals surface area (Å²) in [5.74, 6) is 0.769. The average Bonchev–Trinajstić information content (AvgIpc) is 2.67. The molecule has 0 amide bonds. The van der Waals surface area contributed by atoms with Crippen LogP contribution in [0.5, 0.6) is 5.75 Å². The summed E-state index contributed by atoms with van der Waals surface area (Å²) in [6.07, 6.45) is -0.611. The Labute approximate surface area is 162 Å². The lowest BCUT2D eigenvalue weighted by molar-refractivity contribution is 0.114. The largest absolute Gasteiger partial charge is 0.491 e. The van der Waals surface area contributed by atoms with Gasteiger partial charge in [-0.05, 0) is 71.1 Å². The van der Waals surface area contributed by atoms with Gasteiger partial charge in [0.15, 0.2) is 0 Å². The zero-order valence-electron chi connectivity index (χ0n) is 13.8. The Kier molecular flexibility index (Phi) is 6.30. The minimum Gasteiger partial charge on any atom is -0.491 e. The van der Waals surface area contributed by atoms with Gasteiger partial charge in [-0.2, -0.15) is 0 Å². The maximum atomic E-state index is 10.5. The van der Waals surface area contributed by atoms with Crippen LogP contribution in [-0.4, -0.2) is 24.4 Å². The molecule has 0 aliphatic heterocycles. The molecule has 0 aliphatic carbocycles. The molecule has 0 heterocycles. The van der Waals surface area contributed by atoms with E-state index in [4.69, 9.17) is 4.74 Å². The third-order valence-corrected chi connectivity index (χ3v) is 4.50. The zero-order valence-corrected chi connectivity index (χ0v) is 15.9. The number of halogens is 1. The molecule has 3 aromatic carbocycles. The summed E-state index contributed by atoms with van der Waals surface area (Å²) in [5.41, 5.74) is 2.09. The van der Waals surface area contributed by atoms with Crippen molar-refractivity contribution in [2.24, 2.45) is 0 Å². The van der Waals surface area contributed by atoms with Crippen LogP contribution in [-0.2, 0) is 0 Å². The van der Waals surface area contributed by atoms with Crippen LogP contribution in [0, 0.1) is 3.57 Å². The van der Waals surface area contributed by atoms with Crippen LogP contribution in [0.4, 0.5) is 11.4 Å². The molecule has 0 saturated heterocycles. The maximum absolute atomic E-state index is 10.5. The van der Waals surface area contributed by atoms with Crippen LogP contribution in [0.1, 0.15) is 0 Å². The van der Waals surface area contributed by atoms with Crippen LogP contribution in [0.3, 0.4) is 0 Å². The third kappa shape index (κ3) is 5.21. The SMILES string of the molecule is OC(COc1ccc(I)cc1)CN(c1ccccc1)c1ccccc1. The second kappa shape index (κ2) is 8.87. The van der Waals surface area contributed by atoms with E-state index in [1.807, 2.05) is 84.9 Å². The van der Waals surface area contributed by atoms with Crippen LogP contribution in [0.2, 0.25) is 0 Å². The highest BCUT2D eigenvalue weighted by Gasteiger charge is 2.15. The van der Waals surface area contributed by atoms with Crippen molar-refractivity contribution in [3.63, 3.8) is 0 Å². The van der Waals surface area contributed by atoms with E-state index in [0.717, 1.165) is 20.7 Å². The van der Waals surface area contributed by atoms with Gasteiger partial charge in [-0.1, -0.05) is 36.4 Å². The van der Waals surface area contributed by atoms with E-state index in [-0.39, 0.29) is 6.61 Å². The highest BCUT2D eigenvalue weighted by molar-refractivity contribution is 14.1. The van der Waals surface area contributed by atoms with Crippen molar-refractivity contribution >= 4 is 34.0 Å². The van der Waals surface area contributed by atoms with Gasteiger partial charge in [-0.15, -0.1) is 0 Å². The molecule has 1 atom stereocenters. The van der Waals surface area contributed by atoms with E-state index in [9.17, 15) is 5.11 Å². The fourth-order valence-electron chi connectivity index (χ4n) is 2.56. The highest BCUT2D eigenvalue weighted by Crippen LogP contribution is 2.25. The number of ether oxygens (including phenoxy) is 1. The quantitative estimate of drug-likeness (QED) is 0.527. The van der Waals surface area contributed by atoms with Crippen LogP contribution in [0.25, 0.3) is 0 Å². The van der Waals surface area contributed by atoms with E-state index in [1.165, 1.54) is 0 Å². The standard InChI is InChI=1S/C21H20INO2/c22-17-11-13-21(14-12-17)25-16-20(24)15-23(18-7-3-1-4-8-18)19-9-5-2-6-10-19/h1-14,20,24H,15-16H2. The smallest absolute Gasteiger partial charge is 0.119 e. The van der Waals surface area contributed by atoms with Crippen molar-refractivity contribution in [3.8, 4) is 5.75 Å². The molecule has 3 rings (SSSR count). The number of benzene rings is 3. The first-order valence-corrected chi connectivity index (χ1v) is 9.24. The molecule has 0 aromatic heterocycles. The molecule has 25 heavy (non-hydrogen) atoms. The fourth-order valence-corrected chi connectivity index (χ4v) is 2.92. The number of aliphatic hydroxyl groups is 1. The molecule has 0 bridgehead atoms. The Balaban J connectivity index is 1.68. The number of rotatable bonds is 7. The predicted octanol–water partition coefficient (Wildman–Crippen LogP) is 4.87. The molecular weight excluding hydrogens is 425 g/mol. The molecule has 3 aromatic rings. The molecule has 0 saturated carbocycles. The molecule has 4 heteroatoms. The molecule has 1 N–H and O–H groups in total. The zero-order chi connectivity index (χ0) is 17.5. The summed E-state index contributed by atoms with van der Waals surface area (Å²) in [7, 11) is 0. The summed E-state index contributed by atoms with van der Waals surface area (Å²) in [6, 6.07) is 28.0. The Morgan fingerprint density at radius 1 is 0.800 bits per heavy atom. The lowest BCUT2D eigenvalue weighted by Crippen LogP contribution is -2.32. The summed E-state index contributed by atoms with van der Waals surface area (Å²) < 4.78 is 6.87. The lowest BCUT2D eigenvalue weighted by atomic mass is 10.2. The Hall–Kier alpha value is -2.05. The highest BCUT2D eigenvalue weighted by atomic mass is 127. The Morgan fingerprint density at radius 2 is 1.32 bits per heavy atom. The predicted molar refractivity (Wildman–Crippen MR) is 111 cm³/mol. The molecule has 0 fully saturated rings. The first kappa shape index (κ1) is 17.8. The van der Waals surface area contributed by atoms with Crippen molar-refractivity contribution in [2.45, 2.75) is 6.10 Å². The van der Waals surface area contributed by atoms with Gasteiger partial charge in [0.25, 0.3) is 0 Å². The summed E-state index contributed by atoms with van der Waals surface area (Å²) in [6.45, 7) is 0.704. The van der Waals surface area contributed by atoms with E-state index in [0.29, 0.717) is 6.54 Å². The number of nitrogens with zero attached hydrogens (tertiary/aromatic N) is 1. The number of hydrogen-bond acceptors (Lipinski definition) is 3. The molecule has 0 spiro atoms. The number of aliphatic hydroxyl groups excluding tert-OH is 1. The number of hydrogen-bond donors (Lipinski definition) is 1. The van der Waals surface area contributed by atoms with Gasteiger partial charge in [0.05, 0.1) is 6.54 Å². The van der Waals surface area contributed by atoms with E-state index in [1.54, 1.807) is 0 Å². The monoisotopic (exact) mass is 445 g/mol. The van der Waals surface area contributed by atoms with Gasteiger partial charge in [-0.3, -0.25) is 0 Å². The average molecular weight is 445 g/mol. The van der Waals surface area contributed by atoms with Crippen LogP contribution >= 0.6 is 22.6 Å². The van der Waals surface area contributed by atoms with E-state index < -0.39 is 6.10 Å². The molecular formula is C21H20INO2.